The molecule has 1 amide bonds. The van der Waals surface area contributed by atoms with E-state index in [1.54, 1.807) is 31.4 Å². The SMILES string of the molecule is COc1ccc(Cl)cc1Nc1cc(C(=O)NC2CC2)ncn1. The summed E-state index contributed by atoms with van der Waals surface area (Å²) in [7, 11) is 1.57. The minimum atomic E-state index is -0.189. The molecule has 114 valence electrons. The summed E-state index contributed by atoms with van der Waals surface area (Å²) in [4.78, 5) is 20.1. The van der Waals surface area contributed by atoms with Gasteiger partial charge in [-0.25, -0.2) is 9.97 Å². The number of rotatable bonds is 5. The molecule has 0 unspecified atom stereocenters. The fourth-order valence-electron chi connectivity index (χ4n) is 1.95. The normalized spacial score (nSPS) is 13.5. The van der Waals surface area contributed by atoms with Crippen LogP contribution in [0.1, 0.15) is 23.3 Å². The Morgan fingerprint density at radius 2 is 2.14 bits per heavy atom. The molecule has 1 aromatic carbocycles. The van der Waals surface area contributed by atoms with Gasteiger partial charge in [0.05, 0.1) is 12.8 Å². The van der Waals surface area contributed by atoms with Gasteiger partial charge in [0, 0.05) is 17.1 Å². The molecule has 0 spiro atoms. The number of halogens is 1. The summed E-state index contributed by atoms with van der Waals surface area (Å²) < 4.78 is 5.27. The number of methoxy groups -OCH3 is 1. The van der Waals surface area contributed by atoms with Crippen LogP contribution in [0.25, 0.3) is 0 Å². The summed E-state index contributed by atoms with van der Waals surface area (Å²) in [5.74, 6) is 0.939. The molecule has 1 aliphatic rings. The van der Waals surface area contributed by atoms with Gasteiger partial charge in [-0.3, -0.25) is 4.79 Å². The summed E-state index contributed by atoms with van der Waals surface area (Å²) in [6.45, 7) is 0. The first-order chi connectivity index (χ1) is 10.7. The van der Waals surface area contributed by atoms with E-state index in [0.29, 0.717) is 28.0 Å². The number of amides is 1. The van der Waals surface area contributed by atoms with E-state index in [2.05, 4.69) is 20.6 Å². The number of nitrogens with one attached hydrogen (secondary N) is 2. The maximum Gasteiger partial charge on any atom is 0.270 e. The Labute approximate surface area is 132 Å². The van der Waals surface area contributed by atoms with E-state index in [4.69, 9.17) is 16.3 Å². The van der Waals surface area contributed by atoms with Crippen LogP contribution in [0.3, 0.4) is 0 Å². The number of ether oxygens (including phenoxy) is 1. The van der Waals surface area contributed by atoms with Crippen LogP contribution in [0.15, 0.2) is 30.6 Å². The molecule has 3 rings (SSSR count). The molecular weight excluding hydrogens is 304 g/mol. The number of carbonyl (C=O) groups is 1. The third kappa shape index (κ3) is 3.46. The molecule has 1 aromatic heterocycles. The van der Waals surface area contributed by atoms with Crippen molar-refractivity contribution in [1.82, 2.24) is 15.3 Å². The maximum atomic E-state index is 12.0. The van der Waals surface area contributed by atoms with Crippen molar-refractivity contribution in [1.29, 1.82) is 0 Å². The molecule has 1 aliphatic carbocycles. The summed E-state index contributed by atoms with van der Waals surface area (Å²) in [5, 5.41) is 6.55. The number of nitrogens with zero attached hydrogens (tertiary/aromatic N) is 2. The standard InChI is InChI=1S/C15H15ClN4O2/c1-22-13-5-2-9(16)6-11(13)20-14-7-12(17-8-18-14)15(21)19-10-3-4-10/h2,5-8,10H,3-4H2,1H3,(H,19,21)(H,17,18,20). The molecular formula is C15H15ClN4O2. The van der Waals surface area contributed by atoms with E-state index in [1.165, 1.54) is 6.33 Å². The van der Waals surface area contributed by atoms with E-state index in [1.807, 2.05) is 0 Å². The van der Waals surface area contributed by atoms with Gasteiger partial charge in [0.1, 0.15) is 23.6 Å². The highest BCUT2D eigenvalue weighted by Crippen LogP contribution is 2.30. The molecule has 7 heteroatoms. The highest BCUT2D eigenvalue weighted by Gasteiger charge is 2.24. The van der Waals surface area contributed by atoms with E-state index in [9.17, 15) is 4.79 Å². The zero-order valence-electron chi connectivity index (χ0n) is 12.0. The quantitative estimate of drug-likeness (QED) is 0.886. The molecule has 1 saturated carbocycles. The Balaban J connectivity index is 1.80. The Bertz CT molecular complexity index is 704. The highest BCUT2D eigenvalue weighted by atomic mass is 35.5. The Hall–Kier alpha value is -2.34. The minimum absolute atomic E-state index is 0.189. The molecule has 2 aromatic rings. The predicted octanol–water partition coefficient (Wildman–Crippen LogP) is 2.77. The van der Waals surface area contributed by atoms with Gasteiger partial charge in [-0.2, -0.15) is 0 Å². The van der Waals surface area contributed by atoms with Crippen molar-refractivity contribution in [2.45, 2.75) is 18.9 Å². The third-order valence-electron chi connectivity index (χ3n) is 3.24. The number of aromatic nitrogens is 2. The van der Waals surface area contributed by atoms with Gasteiger partial charge in [0.2, 0.25) is 0 Å². The number of hydrogen-bond donors (Lipinski definition) is 2. The summed E-state index contributed by atoms with van der Waals surface area (Å²) in [6.07, 6.45) is 3.41. The lowest BCUT2D eigenvalue weighted by Gasteiger charge is -2.11. The zero-order chi connectivity index (χ0) is 15.5. The molecule has 0 atom stereocenters. The first-order valence-electron chi connectivity index (χ1n) is 6.89. The van der Waals surface area contributed by atoms with Crippen LogP contribution in [0.2, 0.25) is 5.02 Å². The first kappa shape index (κ1) is 14.6. The molecule has 1 fully saturated rings. The lowest BCUT2D eigenvalue weighted by atomic mass is 10.3. The van der Waals surface area contributed by atoms with Gasteiger partial charge in [-0.1, -0.05) is 11.6 Å². The van der Waals surface area contributed by atoms with E-state index < -0.39 is 0 Å². The summed E-state index contributed by atoms with van der Waals surface area (Å²) in [5.41, 5.74) is 0.993. The largest absolute Gasteiger partial charge is 0.495 e. The Morgan fingerprint density at radius 1 is 1.32 bits per heavy atom. The third-order valence-corrected chi connectivity index (χ3v) is 3.47. The molecule has 6 nitrogen and oxygen atoms in total. The molecule has 0 bridgehead atoms. The fraction of sp³-hybridized carbons (Fsp3) is 0.267. The van der Waals surface area contributed by atoms with Crippen LogP contribution in [0.5, 0.6) is 5.75 Å². The van der Waals surface area contributed by atoms with Gasteiger partial charge in [-0.15, -0.1) is 0 Å². The van der Waals surface area contributed by atoms with Gasteiger partial charge in [-0.05, 0) is 31.0 Å². The predicted molar refractivity (Wildman–Crippen MR) is 83.8 cm³/mol. The van der Waals surface area contributed by atoms with E-state index in [-0.39, 0.29) is 11.9 Å². The zero-order valence-corrected chi connectivity index (χ0v) is 12.7. The summed E-state index contributed by atoms with van der Waals surface area (Å²) in [6, 6.07) is 7.10. The van der Waals surface area contributed by atoms with Crippen molar-refractivity contribution in [3.8, 4) is 5.75 Å². The van der Waals surface area contributed by atoms with Gasteiger partial charge >= 0.3 is 0 Å². The average Bonchev–Trinajstić information content (AvgIpc) is 3.32. The van der Waals surface area contributed by atoms with Crippen LogP contribution in [0, 0.1) is 0 Å². The van der Waals surface area contributed by atoms with Crippen LogP contribution < -0.4 is 15.4 Å². The number of benzene rings is 1. The lowest BCUT2D eigenvalue weighted by Crippen LogP contribution is -2.26. The maximum absolute atomic E-state index is 12.0. The van der Waals surface area contributed by atoms with Crippen molar-refractivity contribution in [3.05, 3.63) is 41.3 Å². The molecule has 0 radical (unpaired) electrons. The van der Waals surface area contributed by atoms with Gasteiger partial charge < -0.3 is 15.4 Å². The monoisotopic (exact) mass is 318 g/mol. The van der Waals surface area contributed by atoms with Crippen molar-refractivity contribution in [3.63, 3.8) is 0 Å². The summed E-state index contributed by atoms with van der Waals surface area (Å²) >= 11 is 5.99. The van der Waals surface area contributed by atoms with Crippen molar-refractivity contribution in [2.24, 2.45) is 0 Å². The molecule has 22 heavy (non-hydrogen) atoms. The molecule has 2 N–H and O–H groups in total. The van der Waals surface area contributed by atoms with Crippen LogP contribution >= 0.6 is 11.6 Å². The van der Waals surface area contributed by atoms with Crippen LogP contribution in [-0.4, -0.2) is 29.0 Å². The van der Waals surface area contributed by atoms with Crippen molar-refractivity contribution < 1.29 is 9.53 Å². The average molecular weight is 319 g/mol. The Morgan fingerprint density at radius 3 is 2.86 bits per heavy atom. The van der Waals surface area contributed by atoms with Gasteiger partial charge in [0.15, 0.2) is 0 Å². The molecule has 0 aliphatic heterocycles. The van der Waals surface area contributed by atoms with Crippen molar-refractivity contribution in [2.75, 3.05) is 12.4 Å². The second kappa shape index (κ2) is 6.19. The van der Waals surface area contributed by atoms with Gasteiger partial charge in [0.25, 0.3) is 5.91 Å². The Kier molecular flexibility index (Phi) is 4.11. The second-order valence-electron chi connectivity index (χ2n) is 5.01. The first-order valence-corrected chi connectivity index (χ1v) is 7.27. The number of carbonyl (C=O) groups excluding carboxylic acids is 1. The van der Waals surface area contributed by atoms with Crippen molar-refractivity contribution >= 4 is 29.0 Å². The number of anilines is 2. The lowest BCUT2D eigenvalue weighted by molar-refractivity contribution is 0.0946. The van der Waals surface area contributed by atoms with Crippen LogP contribution in [-0.2, 0) is 0 Å². The molecule has 0 saturated heterocycles. The highest BCUT2D eigenvalue weighted by molar-refractivity contribution is 6.31. The fourth-order valence-corrected chi connectivity index (χ4v) is 2.12. The number of hydrogen-bond acceptors (Lipinski definition) is 5. The van der Waals surface area contributed by atoms with E-state index in [0.717, 1.165) is 12.8 Å². The molecule has 1 heterocycles. The minimum Gasteiger partial charge on any atom is -0.495 e. The smallest absolute Gasteiger partial charge is 0.270 e. The van der Waals surface area contributed by atoms with Crippen LogP contribution in [0.4, 0.5) is 11.5 Å². The topological polar surface area (TPSA) is 76.1 Å². The van der Waals surface area contributed by atoms with E-state index >= 15 is 0 Å². The second-order valence-corrected chi connectivity index (χ2v) is 5.44.